The zero-order valence-electron chi connectivity index (χ0n) is 19.3. The van der Waals surface area contributed by atoms with Crippen molar-refractivity contribution < 1.29 is 9.59 Å². The third-order valence-corrected chi connectivity index (χ3v) is 3.91. The molecule has 30 heavy (non-hydrogen) atoms. The summed E-state index contributed by atoms with van der Waals surface area (Å²) in [5.41, 5.74) is 2.89. The Balaban J connectivity index is 0.000000804. The van der Waals surface area contributed by atoms with E-state index >= 15 is 0 Å². The molecule has 2 aromatic carbocycles. The Kier molecular flexibility index (Phi) is 10.7. The molecular weight excluding hydrogens is 374 g/mol. The molecule has 0 bridgehead atoms. The summed E-state index contributed by atoms with van der Waals surface area (Å²) in [5, 5.41) is 5.53. The molecule has 0 saturated carbocycles. The van der Waals surface area contributed by atoms with Gasteiger partial charge in [-0.1, -0.05) is 71.4 Å². The number of benzene rings is 2. The Morgan fingerprint density at radius 1 is 0.933 bits per heavy atom. The van der Waals surface area contributed by atoms with Crippen molar-refractivity contribution in [3.63, 3.8) is 0 Å². The van der Waals surface area contributed by atoms with Crippen LogP contribution in [0.4, 0.5) is 10.5 Å². The smallest absolute Gasteiger partial charge is 0.322 e. The minimum atomic E-state index is -0.116. The van der Waals surface area contributed by atoms with Crippen LogP contribution in [0.2, 0.25) is 0 Å². The van der Waals surface area contributed by atoms with Crippen molar-refractivity contribution in [2.24, 2.45) is 5.41 Å². The fourth-order valence-electron chi connectivity index (χ4n) is 2.45. The lowest BCUT2D eigenvalue weighted by molar-refractivity contribution is 0.0963. The third kappa shape index (κ3) is 10.6. The summed E-state index contributed by atoms with van der Waals surface area (Å²) in [4.78, 5) is 26.0. The number of nitrogens with one attached hydrogen (secondary N) is 2. The fourth-order valence-corrected chi connectivity index (χ4v) is 2.45. The van der Waals surface area contributed by atoms with Crippen molar-refractivity contribution in [2.45, 2.75) is 54.0 Å². The molecule has 0 fully saturated rings. The van der Waals surface area contributed by atoms with Gasteiger partial charge in [0.1, 0.15) is 0 Å². The number of para-hydroxylation sites is 1. The lowest BCUT2D eigenvalue weighted by Crippen LogP contribution is -2.35. The minimum absolute atomic E-state index is 0.115. The van der Waals surface area contributed by atoms with Gasteiger partial charge in [0.2, 0.25) is 0 Å². The molecule has 0 unspecified atom stereocenters. The molecule has 3 amide bonds. The first-order chi connectivity index (χ1) is 14.1. The van der Waals surface area contributed by atoms with Crippen LogP contribution in [0.1, 0.15) is 63.4 Å². The van der Waals surface area contributed by atoms with Crippen LogP contribution in [-0.2, 0) is 6.54 Å². The van der Waals surface area contributed by atoms with Crippen molar-refractivity contribution >= 4 is 17.6 Å². The maximum Gasteiger partial charge on any atom is 0.322 e. The Morgan fingerprint density at radius 3 is 2.00 bits per heavy atom. The van der Waals surface area contributed by atoms with Crippen LogP contribution in [0.25, 0.3) is 0 Å². The first-order valence-corrected chi connectivity index (χ1v) is 10.6. The topological polar surface area (TPSA) is 61.4 Å². The third-order valence-electron chi connectivity index (χ3n) is 3.91. The summed E-state index contributed by atoms with van der Waals surface area (Å²) in [7, 11) is 1.61. The van der Waals surface area contributed by atoms with Gasteiger partial charge in [-0.05, 0) is 41.7 Å². The van der Waals surface area contributed by atoms with Crippen LogP contribution in [0.5, 0.6) is 0 Å². The Labute approximate surface area is 181 Å². The van der Waals surface area contributed by atoms with E-state index in [0.717, 1.165) is 24.1 Å². The summed E-state index contributed by atoms with van der Waals surface area (Å²) >= 11 is 0. The summed E-state index contributed by atoms with van der Waals surface area (Å²) in [6, 6.07) is 16.7. The summed E-state index contributed by atoms with van der Waals surface area (Å²) in [6.45, 7) is 12.0. The number of nitrogens with zero attached hydrogens (tertiary/aromatic N) is 1. The number of rotatable bonds is 7. The molecule has 0 radical (unpaired) electrons. The molecule has 0 spiro atoms. The number of hydrogen-bond donors (Lipinski definition) is 2. The standard InChI is InChI=1S/C20H25N3O2.C5H12/c1-3-4-14-23(20(25)22-18-8-6-5-7-9-18)15-16-10-12-17(13-11-16)19(24)21-2;1-5(2,3)4/h5-13H,3-4,14-15H2,1-2H3,(H,21,24)(H,22,25);1-4H3. The number of urea groups is 1. The molecule has 0 aliphatic rings. The number of carbonyl (C=O) groups is 2. The quantitative estimate of drug-likeness (QED) is 0.593. The first kappa shape index (κ1) is 25.2. The molecule has 0 aromatic heterocycles. The Bertz CT molecular complexity index is 759. The second-order valence-corrected chi connectivity index (χ2v) is 8.85. The van der Waals surface area contributed by atoms with Crippen LogP contribution in [0, 0.1) is 5.41 Å². The van der Waals surface area contributed by atoms with E-state index in [9.17, 15) is 9.59 Å². The number of anilines is 1. The van der Waals surface area contributed by atoms with Gasteiger partial charge in [-0.3, -0.25) is 4.79 Å². The van der Waals surface area contributed by atoms with Crippen molar-refractivity contribution in [2.75, 3.05) is 18.9 Å². The van der Waals surface area contributed by atoms with Gasteiger partial charge in [0.05, 0.1) is 0 Å². The normalized spacial score (nSPS) is 10.5. The molecular formula is C25H37N3O2. The van der Waals surface area contributed by atoms with E-state index < -0.39 is 0 Å². The molecule has 0 atom stereocenters. The number of hydrogen-bond acceptors (Lipinski definition) is 2. The highest BCUT2D eigenvalue weighted by Crippen LogP contribution is 2.12. The number of carbonyl (C=O) groups excluding carboxylic acids is 2. The lowest BCUT2D eigenvalue weighted by atomic mass is 10.0. The molecule has 0 heterocycles. The number of amides is 3. The molecule has 2 aromatic rings. The zero-order chi connectivity index (χ0) is 22.6. The maximum absolute atomic E-state index is 12.6. The average molecular weight is 412 g/mol. The van der Waals surface area contributed by atoms with Gasteiger partial charge in [-0.2, -0.15) is 0 Å². The van der Waals surface area contributed by atoms with Crippen molar-refractivity contribution in [1.82, 2.24) is 10.2 Å². The van der Waals surface area contributed by atoms with Crippen molar-refractivity contribution in [3.8, 4) is 0 Å². The van der Waals surface area contributed by atoms with Crippen LogP contribution in [0.3, 0.4) is 0 Å². The zero-order valence-corrected chi connectivity index (χ0v) is 19.3. The summed E-state index contributed by atoms with van der Waals surface area (Å²) in [5.74, 6) is -0.115. The molecule has 2 rings (SSSR count). The highest BCUT2D eigenvalue weighted by Gasteiger charge is 2.14. The van der Waals surface area contributed by atoms with Gasteiger partial charge in [-0.25, -0.2) is 4.79 Å². The molecule has 0 saturated heterocycles. The largest absolute Gasteiger partial charge is 0.355 e. The van der Waals surface area contributed by atoms with E-state index in [0.29, 0.717) is 24.1 Å². The van der Waals surface area contributed by atoms with Crippen LogP contribution >= 0.6 is 0 Å². The van der Waals surface area contributed by atoms with Gasteiger partial charge in [-0.15, -0.1) is 0 Å². The molecule has 5 heteroatoms. The van der Waals surface area contributed by atoms with E-state index in [-0.39, 0.29) is 11.9 Å². The molecule has 0 aliphatic heterocycles. The summed E-state index contributed by atoms with van der Waals surface area (Å²) in [6.07, 6.45) is 1.96. The lowest BCUT2D eigenvalue weighted by Gasteiger charge is -2.23. The first-order valence-electron chi connectivity index (χ1n) is 10.6. The van der Waals surface area contributed by atoms with Crippen LogP contribution in [0.15, 0.2) is 54.6 Å². The Hall–Kier alpha value is -2.82. The molecule has 5 nitrogen and oxygen atoms in total. The van der Waals surface area contributed by atoms with Gasteiger partial charge >= 0.3 is 6.03 Å². The van der Waals surface area contributed by atoms with Gasteiger partial charge in [0.25, 0.3) is 5.91 Å². The second kappa shape index (κ2) is 12.7. The number of unbranched alkanes of at least 4 members (excludes halogenated alkanes) is 1. The molecule has 164 valence electrons. The molecule has 2 N–H and O–H groups in total. The van der Waals surface area contributed by atoms with E-state index in [1.54, 1.807) is 24.1 Å². The maximum atomic E-state index is 12.6. The van der Waals surface area contributed by atoms with E-state index in [1.165, 1.54) is 0 Å². The fraction of sp³-hybridized carbons (Fsp3) is 0.440. The minimum Gasteiger partial charge on any atom is -0.355 e. The van der Waals surface area contributed by atoms with Gasteiger partial charge in [0.15, 0.2) is 0 Å². The Morgan fingerprint density at radius 2 is 1.50 bits per heavy atom. The van der Waals surface area contributed by atoms with E-state index in [1.807, 2.05) is 42.5 Å². The van der Waals surface area contributed by atoms with Crippen molar-refractivity contribution in [1.29, 1.82) is 0 Å². The molecule has 0 aliphatic carbocycles. The predicted molar refractivity (Wildman–Crippen MR) is 126 cm³/mol. The summed E-state index contributed by atoms with van der Waals surface area (Å²) < 4.78 is 0. The monoisotopic (exact) mass is 411 g/mol. The average Bonchev–Trinajstić information content (AvgIpc) is 2.70. The highest BCUT2D eigenvalue weighted by molar-refractivity contribution is 5.94. The van der Waals surface area contributed by atoms with E-state index in [4.69, 9.17) is 0 Å². The van der Waals surface area contributed by atoms with Crippen molar-refractivity contribution in [3.05, 3.63) is 65.7 Å². The van der Waals surface area contributed by atoms with Crippen LogP contribution < -0.4 is 10.6 Å². The van der Waals surface area contributed by atoms with Crippen LogP contribution in [-0.4, -0.2) is 30.4 Å². The van der Waals surface area contributed by atoms with E-state index in [2.05, 4.69) is 45.3 Å². The predicted octanol–water partition coefficient (Wildman–Crippen LogP) is 5.93. The second-order valence-electron chi connectivity index (χ2n) is 8.85. The SMILES string of the molecule is CC(C)(C)C.CCCCN(Cc1ccc(C(=O)NC)cc1)C(=O)Nc1ccccc1. The highest BCUT2D eigenvalue weighted by atomic mass is 16.2. The van der Waals surface area contributed by atoms with Gasteiger partial charge < -0.3 is 15.5 Å². The van der Waals surface area contributed by atoms with Gasteiger partial charge in [0, 0.05) is 31.4 Å².